The number of carbonyl (C=O) groups is 3. The van der Waals surface area contributed by atoms with Crippen LogP contribution in [0.3, 0.4) is 0 Å². The molecular weight excluding hydrogens is 426 g/mol. The number of carbonyl (C=O) groups excluding carboxylic acids is 2. The van der Waals surface area contributed by atoms with Crippen LogP contribution in [0.25, 0.3) is 0 Å². The summed E-state index contributed by atoms with van der Waals surface area (Å²) in [5.74, 6) is -2.55. The highest BCUT2D eigenvalue weighted by Gasteiger charge is 2.55. The van der Waals surface area contributed by atoms with Crippen molar-refractivity contribution in [3.05, 3.63) is 47.4 Å². The third-order valence-corrected chi connectivity index (χ3v) is 6.13. The number of nitrogens with one attached hydrogen (secondary N) is 2. The van der Waals surface area contributed by atoms with Crippen LogP contribution < -0.4 is 10.0 Å². The van der Waals surface area contributed by atoms with Crippen molar-refractivity contribution in [3.8, 4) is 0 Å². The smallest absolute Gasteiger partial charge is 0.356 e. The number of carboxylic acid groups (broad SMARTS) is 1. The highest BCUT2D eigenvalue weighted by molar-refractivity contribution is 8.00. The first kappa shape index (κ1) is 21.1. The van der Waals surface area contributed by atoms with Crippen molar-refractivity contribution in [2.75, 3.05) is 12.9 Å². The number of methoxy groups -OCH3 is 1. The maximum absolute atomic E-state index is 12.7. The Morgan fingerprint density at radius 2 is 1.97 bits per heavy atom. The van der Waals surface area contributed by atoms with E-state index in [9.17, 15) is 27.9 Å². The Balaban J connectivity index is 1.81. The Kier molecular flexibility index (Phi) is 5.84. The number of carboxylic acids is 1. The molecule has 156 valence electrons. The number of hydrogen-bond acceptors (Lipinski definition) is 7. The van der Waals surface area contributed by atoms with Crippen molar-refractivity contribution in [1.82, 2.24) is 14.9 Å². The second-order valence-corrected chi connectivity index (χ2v) is 8.40. The van der Waals surface area contributed by atoms with E-state index >= 15 is 0 Å². The van der Waals surface area contributed by atoms with Gasteiger partial charge in [-0.15, -0.1) is 11.8 Å². The SMILES string of the molecule is COC1=C(C(=O)O)N2C(=O)[C@@H](NC(=O)C(NS(=O)(=O)O)c3ccccc3)[C@H]2SC1. The van der Waals surface area contributed by atoms with Crippen molar-refractivity contribution in [2.24, 2.45) is 0 Å². The number of fused-ring (bicyclic) bond motifs is 1. The van der Waals surface area contributed by atoms with Gasteiger partial charge in [-0.25, -0.2) is 4.79 Å². The van der Waals surface area contributed by atoms with E-state index in [4.69, 9.17) is 9.29 Å². The molecule has 0 aliphatic carbocycles. The van der Waals surface area contributed by atoms with Gasteiger partial charge in [0, 0.05) is 0 Å². The molecule has 2 aliphatic rings. The van der Waals surface area contributed by atoms with Gasteiger partial charge in [-0.1, -0.05) is 30.3 Å². The predicted molar refractivity (Wildman–Crippen MR) is 101 cm³/mol. The number of aliphatic carboxylic acids is 1. The molecule has 3 rings (SSSR count). The van der Waals surface area contributed by atoms with E-state index in [0.717, 1.165) is 4.90 Å². The largest absolute Gasteiger partial charge is 0.498 e. The molecule has 0 radical (unpaired) electrons. The highest BCUT2D eigenvalue weighted by atomic mass is 32.2. The molecule has 3 atom stereocenters. The van der Waals surface area contributed by atoms with Crippen molar-refractivity contribution < 1.29 is 37.2 Å². The lowest BCUT2D eigenvalue weighted by Crippen LogP contribution is -2.71. The van der Waals surface area contributed by atoms with Crippen LogP contribution in [0, 0.1) is 0 Å². The summed E-state index contributed by atoms with van der Waals surface area (Å²) in [7, 11) is -3.42. The number of amides is 2. The van der Waals surface area contributed by atoms with Crippen molar-refractivity contribution >= 4 is 39.8 Å². The van der Waals surface area contributed by atoms with E-state index in [-0.39, 0.29) is 22.8 Å². The molecule has 4 N–H and O–H groups in total. The average Bonchev–Trinajstić information content (AvgIpc) is 2.68. The van der Waals surface area contributed by atoms with Gasteiger partial charge in [-0.2, -0.15) is 13.1 Å². The summed E-state index contributed by atoms with van der Waals surface area (Å²) < 4.78 is 38.5. The molecule has 1 aromatic carbocycles. The van der Waals surface area contributed by atoms with E-state index in [0.29, 0.717) is 0 Å². The minimum absolute atomic E-state index is 0.132. The van der Waals surface area contributed by atoms with E-state index < -0.39 is 45.5 Å². The Hall–Kier alpha value is -2.61. The molecular formula is C16H17N3O8S2. The summed E-state index contributed by atoms with van der Waals surface area (Å²) in [5, 5.41) is 11.1. The number of benzene rings is 1. The predicted octanol–water partition coefficient (Wildman–Crippen LogP) is -0.537. The number of β-lactam (4-membered cyclic amide) rings is 1. The second-order valence-electron chi connectivity index (χ2n) is 6.11. The monoisotopic (exact) mass is 443 g/mol. The van der Waals surface area contributed by atoms with Gasteiger partial charge in [0.1, 0.15) is 23.2 Å². The van der Waals surface area contributed by atoms with Gasteiger partial charge in [0.15, 0.2) is 5.70 Å². The number of rotatable bonds is 7. The highest BCUT2D eigenvalue weighted by Crippen LogP contribution is 2.40. The van der Waals surface area contributed by atoms with Crippen LogP contribution in [0.15, 0.2) is 41.8 Å². The fourth-order valence-corrected chi connectivity index (χ4v) is 4.90. The lowest BCUT2D eigenvalue weighted by atomic mass is 10.0. The molecule has 2 heterocycles. The molecule has 1 aromatic rings. The van der Waals surface area contributed by atoms with Crippen LogP contribution >= 0.6 is 11.8 Å². The number of hydrogen-bond donors (Lipinski definition) is 4. The maximum Gasteiger partial charge on any atom is 0.356 e. The zero-order valence-corrected chi connectivity index (χ0v) is 16.6. The molecule has 1 fully saturated rings. The molecule has 1 saturated heterocycles. The molecule has 2 aliphatic heterocycles. The summed E-state index contributed by atoms with van der Waals surface area (Å²) in [4.78, 5) is 37.7. The van der Waals surface area contributed by atoms with E-state index in [1.165, 1.54) is 31.0 Å². The van der Waals surface area contributed by atoms with E-state index in [1.807, 2.05) is 4.72 Å². The summed E-state index contributed by atoms with van der Waals surface area (Å²) in [6.45, 7) is 0. The topological polar surface area (TPSA) is 162 Å². The van der Waals surface area contributed by atoms with Gasteiger partial charge < -0.3 is 15.2 Å². The van der Waals surface area contributed by atoms with E-state index in [2.05, 4.69) is 5.32 Å². The normalized spacial score (nSPS) is 22.4. The van der Waals surface area contributed by atoms with E-state index in [1.54, 1.807) is 18.2 Å². The summed E-state index contributed by atoms with van der Waals surface area (Å²) in [6.07, 6.45) is 0. The van der Waals surface area contributed by atoms with Crippen molar-refractivity contribution in [2.45, 2.75) is 17.5 Å². The molecule has 0 bridgehead atoms. The maximum atomic E-state index is 12.7. The Labute approximate surface area is 170 Å². The standard InChI is InChI=1S/C16H17N3O8S2/c1-27-9-7-28-15-11(14(21)19(15)12(9)16(22)23)17-13(20)10(18-29(24,25)26)8-5-3-2-4-6-8/h2-6,10-11,15,18H,7H2,1H3,(H,17,20)(H,22,23)(H,24,25,26)/t10?,11-,15-/m1/s1. The quantitative estimate of drug-likeness (QED) is 0.320. The van der Waals surface area contributed by atoms with Gasteiger partial charge >= 0.3 is 16.3 Å². The third-order valence-electron chi connectivity index (χ3n) is 4.34. The second kappa shape index (κ2) is 8.02. The fourth-order valence-electron chi connectivity index (χ4n) is 3.05. The number of ether oxygens (including phenoxy) is 1. The van der Waals surface area contributed by atoms with Crippen LogP contribution in [0.2, 0.25) is 0 Å². The van der Waals surface area contributed by atoms with Crippen LogP contribution in [0.1, 0.15) is 11.6 Å². The molecule has 0 spiro atoms. The first-order valence-corrected chi connectivity index (χ1v) is 10.7. The third kappa shape index (κ3) is 4.22. The average molecular weight is 443 g/mol. The van der Waals surface area contributed by atoms with Crippen LogP contribution in [-0.2, 0) is 29.4 Å². The van der Waals surface area contributed by atoms with Crippen LogP contribution in [0.5, 0.6) is 0 Å². The summed E-state index contributed by atoms with van der Waals surface area (Å²) in [6, 6.07) is 5.21. The zero-order valence-electron chi connectivity index (χ0n) is 14.9. The van der Waals surface area contributed by atoms with Gasteiger partial charge in [0.25, 0.3) is 5.91 Å². The van der Waals surface area contributed by atoms with Gasteiger partial charge in [0.05, 0.1) is 12.9 Å². The molecule has 11 nitrogen and oxygen atoms in total. The van der Waals surface area contributed by atoms with Gasteiger partial charge in [-0.3, -0.25) is 19.0 Å². The molecule has 2 amide bonds. The molecule has 1 unspecified atom stereocenters. The van der Waals surface area contributed by atoms with Gasteiger partial charge in [0.2, 0.25) is 5.91 Å². The van der Waals surface area contributed by atoms with Crippen LogP contribution in [0.4, 0.5) is 0 Å². The number of nitrogens with zero attached hydrogens (tertiary/aromatic N) is 1. The Morgan fingerprint density at radius 1 is 1.31 bits per heavy atom. The van der Waals surface area contributed by atoms with Gasteiger partial charge in [-0.05, 0) is 5.56 Å². The molecule has 29 heavy (non-hydrogen) atoms. The fraction of sp³-hybridized carbons (Fsp3) is 0.312. The molecule has 13 heteroatoms. The molecule has 0 saturated carbocycles. The van der Waals surface area contributed by atoms with Crippen molar-refractivity contribution in [3.63, 3.8) is 0 Å². The van der Waals surface area contributed by atoms with Crippen LogP contribution in [-0.4, -0.2) is 65.0 Å². The summed E-state index contributed by atoms with van der Waals surface area (Å²) >= 11 is 1.20. The minimum atomic E-state index is -4.72. The minimum Gasteiger partial charge on any atom is -0.498 e. The van der Waals surface area contributed by atoms with Crippen molar-refractivity contribution in [1.29, 1.82) is 0 Å². The zero-order chi connectivity index (χ0) is 21.3. The lowest BCUT2D eigenvalue weighted by molar-refractivity contribution is -0.151. The lowest BCUT2D eigenvalue weighted by Gasteiger charge is -2.49. The molecule has 0 aromatic heterocycles. The first-order valence-electron chi connectivity index (χ1n) is 8.19. The Morgan fingerprint density at radius 3 is 2.52 bits per heavy atom. The first-order chi connectivity index (χ1) is 13.6. The summed E-state index contributed by atoms with van der Waals surface area (Å²) in [5.41, 5.74) is -0.0437. The Bertz CT molecular complexity index is 979. The number of thioether (sulfide) groups is 1.